The molecule has 0 bridgehead atoms. The second-order valence-electron chi connectivity index (χ2n) is 3.85. The number of carbonyl (C=O) groups is 2. The van der Waals surface area contributed by atoms with Crippen molar-refractivity contribution >= 4 is 17.4 Å². The van der Waals surface area contributed by atoms with Gasteiger partial charge in [-0.05, 0) is 24.6 Å². The van der Waals surface area contributed by atoms with Crippen LogP contribution in [0.4, 0.5) is 0 Å². The van der Waals surface area contributed by atoms with Crippen molar-refractivity contribution in [2.45, 2.75) is 6.92 Å². The normalized spacial score (nSPS) is 17.7. The molecule has 1 N–H and O–H groups in total. The number of fused-ring (bicyclic) bond motifs is 1. The van der Waals surface area contributed by atoms with Crippen molar-refractivity contribution in [2.75, 3.05) is 6.79 Å². The van der Waals surface area contributed by atoms with Crippen LogP contribution in [-0.4, -0.2) is 18.6 Å². The van der Waals surface area contributed by atoms with Gasteiger partial charge in [-0.3, -0.25) is 14.9 Å². The average Bonchev–Trinajstić information content (AvgIpc) is 2.84. The molecule has 17 heavy (non-hydrogen) atoms. The zero-order valence-electron chi connectivity index (χ0n) is 9.07. The Morgan fingerprint density at radius 2 is 1.88 bits per heavy atom. The minimum Gasteiger partial charge on any atom is -0.454 e. The Hall–Kier alpha value is -2.30. The van der Waals surface area contributed by atoms with E-state index < -0.39 is 0 Å². The van der Waals surface area contributed by atoms with Gasteiger partial charge in [0.1, 0.15) is 0 Å². The molecule has 2 aliphatic heterocycles. The zero-order chi connectivity index (χ0) is 12.0. The molecular formula is C12H9NO4. The maximum Gasteiger partial charge on any atom is 0.259 e. The van der Waals surface area contributed by atoms with E-state index in [-0.39, 0.29) is 18.6 Å². The topological polar surface area (TPSA) is 64.6 Å². The number of hydrogen-bond donors (Lipinski definition) is 1. The first-order chi connectivity index (χ1) is 8.16. The van der Waals surface area contributed by atoms with Gasteiger partial charge in [0.15, 0.2) is 11.5 Å². The number of carbonyl (C=O) groups excluding carboxylic acids is 2. The maximum absolute atomic E-state index is 11.6. The summed E-state index contributed by atoms with van der Waals surface area (Å²) in [7, 11) is 0. The van der Waals surface area contributed by atoms with Crippen LogP contribution < -0.4 is 14.8 Å². The standard InChI is InChI=1S/C12H9NO4/c1-6-10(12(15)13-11(6)14)7-2-3-8-9(4-7)17-5-16-8/h2-4H,5H2,1H3,(H,13,14,15). The first-order valence-electron chi connectivity index (χ1n) is 5.13. The second-order valence-corrected chi connectivity index (χ2v) is 3.85. The van der Waals surface area contributed by atoms with Crippen LogP contribution in [0.2, 0.25) is 0 Å². The highest BCUT2D eigenvalue weighted by molar-refractivity contribution is 6.35. The van der Waals surface area contributed by atoms with Crippen molar-refractivity contribution in [1.29, 1.82) is 0 Å². The third-order valence-electron chi connectivity index (χ3n) is 2.83. The molecule has 5 nitrogen and oxygen atoms in total. The molecule has 0 saturated heterocycles. The average molecular weight is 231 g/mol. The Labute approximate surface area is 97.0 Å². The van der Waals surface area contributed by atoms with Crippen LogP contribution in [0, 0.1) is 0 Å². The van der Waals surface area contributed by atoms with E-state index in [1.165, 1.54) is 0 Å². The molecule has 3 rings (SSSR count). The van der Waals surface area contributed by atoms with Gasteiger partial charge in [-0.2, -0.15) is 0 Å². The largest absolute Gasteiger partial charge is 0.454 e. The smallest absolute Gasteiger partial charge is 0.259 e. The Morgan fingerprint density at radius 1 is 1.12 bits per heavy atom. The molecule has 2 heterocycles. The summed E-state index contributed by atoms with van der Waals surface area (Å²) in [4.78, 5) is 23.0. The van der Waals surface area contributed by atoms with Gasteiger partial charge in [-0.15, -0.1) is 0 Å². The number of imide groups is 1. The van der Waals surface area contributed by atoms with Crippen LogP contribution in [0.1, 0.15) is 12.5 Å². The van der Waals surface area contributed by atoms with Gasteiger partial charge in [-0.25, -0.2) is 0 Å². The van der Waals surface area contributed by atoms with E-state index in [1.54, 1.807) is 25.1 Å². The summed E-state index contributed by atoms with van der Waals surface area (Å²) in [6, 6.07) is 5.18. The number of ether oxygens (including phenoxy) is 2. The Bertz CT molecular complexity index is 574. The van der Waals surface area contributed by atoms with E-state index in [1.807, 2.05) is 0 Å². The van der Waals surface area contributed by atoms with E-state index >= 15 is 0 Å². The minimum absolute atomic E-state index is 0.182. The predicted octanol–water partition coefficient (Wildman–Crippen LogP) is 0.845. The Morgan fingerprint density at radius 3 is 2.59 bits per heavy atom. The van der Waals surface area contributed by atoms with Gasteiger partial charge < -0.3 is 9.47 Å². The number of benzene rings is 1. The molecule has 2 aliphatic rings. The van der Waals surface area contributed by atoms with Crippen LogP contribution in [-0.2, 0) is 9.59 Å². The third kappa shape index (κ3) is 1.39. The quantitative estimate of drug-likeness (QED) is 0.727. The number of rotatable bonds is 1. The van der Waals surface area contributed by atoms with Gasteiger partial charge >= 0.3 is 0 Å². The molecule has 0 spiro atoms. The minimum atomic E-state index is -0.369. The molecule has 1 aromatic carbocycles. The van der Waals surface area contributed by atoms with Gasteiger partial charge in [-0.1, -0.05) is 6.07 Å². The van der Waals surface area contributed by atoms with Gasteiger partial charge in [0.25, 0.3) is 11.8 Å². The lowest BCUT2D eigenvalue weighted by Crippen LogP contribution is -2.22. The lowest BCUT2D eigenvalue weighted by molar-refractivity contribution is -0.123. The molecule has 2 amide bonds. The summed E-state index contributed by atoms with van der Waals surface area (Å²) in [5, 5.41) is 2.26. The van der Waals surface area contributed by atoms with Crippen LogP contribution in [0.3, 0.4) is 0 Å². The molecule has 0 radical (unpaired) electrons. The number of hydrogen-bond acceptors (Lipinski definition) is 4. The fraction of sp³-hybridized carbons (Fsp3) is 0.167. The fourth-order valence-electron chi connectivity index (χ4n) is 1.94. The van der Waals surface area contributed by atoms with E-state index in [0.29, 0.717) is 28.2 Å². The first kappa shape index (κ1) is 9.89. The molecule has 5 heteroatoms. The molecule has 0 fully saturated rings. The van der Waals surface area contributed by atoms with Crippen molar-refractivity contribution in [3.8, 4) is 11.5 Å². The summed E-state index contributed by atoms with van der Waals surface area (Å²) in [6.45, 7) is 1.81. The molecule has 0 atom stereocenters. The van der Waals surface area contributed by atoms with E-state index in [4.69, 9.17) is 9.47 Å². The van der Waals surface area contributed by atoms with Crippen LogP contribution >= 0.6 is 0 Å². The number of nitrogens with one attached hydrogen (secondary N) is 1. The molecule has 1 aromatic rings. The molecule has 0 saturated carbocycles. The molecule has 0 aliphatic carbocycles. The molecule has 0 unspecified atom stereocenters. The van der Waals surface area contributed by atoms with Gasteiger partial charge in [0.2, 0.25) is 6.79 Å². The summed E-state index contributed by atoms with van der Waals surface area (Å²) < 4.78 is 10.4. The van der Waals surface area contributed by atoms with E-state index in [0.717, 1.165) is 0 Å². The van der Waals surface area contributed by atoms with Gasteiger partial charge in [0.05, 0.1) is 5.57 Å². The highest BCUT2D eigenvalue weighted by Gasteiger charge is 2.29. The van der Waals surface area contributed by atoms with Crippen LogP contribution in [0.5, 0.6) is 11.5 Å². The Kier molecular flexibility index (Phi) is 1.95. The highest BCUT2D eigenvalue weighted by atomic mass is 16.7. The van der Waals surface area contributed by atoms with Crippen molar-refractivity contribution in [3.05, 3.63) is 29.3 Å². The van der Waals surface area contributed by atoms with Crippen molar-refractivity contribution in [3.63, 3.8) is 0 Å². The van der Waals surface area contributed by atoms with Crippen molar-refractivity contribution in [2.24, 2.45) is 0 Å². The third-order valence-corrected chi connectivity index (χ3v) is 2.83. The maximum atomic E-state index is 11.6. The first-order valence-corrected chi connectivity index (χ1v) is 5.13. The van der Waals surface area contributed by atoms with Crippen molar-refractivity contribution < 1.29 is 19.1 Å². The summed E-state index contributed by atoms with van der Waals surface area (Å²) in [5.74, 6) is 0.528. The fourth-order valence-corrected chi connectivity index (χ4v) is 1.94. The van der Waals surface area contributed by atoms with E-state index in [2.05, 4.69) is 5.32 Å². The van der Waals surface area contributed by atoms with Crippen LogP contribution in [0.15, 0.2) is 23.8 Å². The zero-order valence-corrected chi connectivity index (χ0v) is 9.07. The summed E-state index contributed by atoms with van der Waals surface area (Å²) in [6.07, 6.45) is 0. The monoisotopic (exact) mass is 231 g/mol. The summed E-state index contributed by atoms with van der Waals surface area (Å²) in [5.41, 5.74) is 1.48. The SMILES string of the molecule is CC1=C(c2ccc3c(c2)OCO3)C(=O)NC1=O. The van der Waals surface area contributed by atoms with Gasteiger partial charge in [0, 0.05) is 5.57 Å². The van der Waals surface area contributed by atoms with Crippen molar-refractivity contribution in [1.82, 2.24) is 5.32 Å². The van der Waals surface area contributed by atoms with Crippen LogP contribution in [0.25, 0.3) is 5.57 Å². The lowest BCUT2D eigenvalue weighted by atomic mass is 10.0. The molecular weight excluding hydrogens is 222 g/mol. The molecule has 86 valence electrons. The Balaban J connectivity index is 2.11. The second kappa shape index (κ2) is 3.35. The van der Waals surface area contributed by atoms with E-state index in [9.17, 15) is 9.59 Å². The predicted molar refractivity (Wildman–Crippen MR) is 58.3 cm³/mol. The lowest BCUT2D eigenvalue weighted by Gasteiger charge is -2.02. The summed E-state index contributed by atoms with van der Waals surface area (Å²) >= 11 is 0. The number of amides is 2. The highest BCUT2D eigenvalue weighted by Crippen LogP contribution is 2.35. The molecule has 0 aromatic heterocycles.